The highest BCUT2D eigenvalue weighted by Crippen LogP contribution is 2.29. The van der Waals surface area contributed by atoms with Crippen LogP contribution in [0, 0.1) is 0 Å². The highest BCUT2D eigenvalue weighted by atomic mass is 16.3. The molecule has 1 aromatic rings. The van der Waals surface area contributed by atoms with Gasteiger partial charge in [-0.05, 0) is 31.4 Å². The Morgan fingerprint density at radius 2 is 2.39 bits per heavy atom. The molecule has 0 spiro atoms. The first-order valence-electron chi connectivity index (χ1n) is 6.80. The SMILES string of the molecule is CCCCC(N)C(=O)N(Cc1ccco1)C1CC1. The molecule has 1 aliphatic rings. The van der Waals surface area contributed by atoms with Crippen molar-refractivity contribution in [3.63, 3.8) is 0 Å². The molecule has 0 radical (unpaired) electrons. The van der Waals surface area contributed by atoms with Gasteiger partial charge in [0.2, 0.25) is 5.91 Å². The van der Waals surface area contributed by atoms with Gasteiger partial charge in [0.25, 0.3) is 0 Å². The van der Waals surface area contributed by atoms with E-state index in [1.807, 2.05) is 17.0 Å². The third kappa shape index (κ3) is 3.35. The van der Waals surface area contributed by atoms with E-state index < -0.39 is 0 Å². The standard InChI is InChI=1S/C14H22N2O2/c1-2-3-6-13(15)14(17)16(11-7-8-11)10-12-5-4-9-18-12/h4-5,9,11,13H,2-3,6-8,10,15H2,1H3. The van der Waals surface area contributed by atoms with Gasteiger partial charge in [0, 0.05) is 6.04 Å². The number of amides is 1. The van der Waals surface area contributed by atoms with Crippen molar-refractivity contribution >= 4 is 5.91 Å². The monoisotopic (exact) mass is 250 g/mol. The molecule has 1 heterocycles. The van der Waals surface area contributed by atoms with Crippen LogP contribution in [-0.2, 0) is 11.3 Å². The first-order chi connectivity index (χ1) is 8.72. The lowest BCUT2D eigenvalue weighted by Crippen LogP contribution is -2.44. The second-order valence-electron chi connectivity index (χ2n) is 5.03. The molecule has 0 aliphatic heterocycles. The summed E-state index contributed by atoms with van der Waals surface area (Å²) in [6, 6.07) is 3.76. The molecule has 1 amide bonds. The van der Waals surface area contributed by atoms with Crippen molar-refractivity contribution in [1.29, 1.82) is 0 Å². The molecule has 0 saturated heterocycles. The molecule has 1 aliphatic carbocycles. The van der Waals surface area contributed by atoms with Crippen molar-refractivity contribution in [2.45, 2.75) is 57.7 Å². The van der Waals surface area contributed by atoms with Gasteiger partial charge in [-0.15, -0.1) is 0 Å². The number of carbonyl (C=O) groups excluding carboxylic acids is 1. The lowest BCUT2D eigenvalue weighted by atomic mass is 10.1. The summed E-state index contributed by atoms with van der Waals surface area (Å²) in [7, 11) is 0. The fourth-order valence-corrected chi connectivity index (χ4v) is 2.10. The van der Waals surface area contributed by atoms with E-state index in [9.17, 15) is 4.79 Å². The molecule has 0 bridgehead atoms. The van der Waals surface area contributed by atoms with Gasteiger partial charge in [0.15, 0.2) is 0 Å². The van der Waals surface area contributed by atoms with Crippen molar-refractivity contribution in [3.8, 4) is 0 Å². The van der Waals surface area contributed by atoms with Crippen molar-refractivity contribution in [2.24, 2.45) is 5.73 Å². The lowest BCUT2D eigenvalue weighted by Gasteiger charge is -2.24. The van der Waals surface area contributed by atoms with Crippen LogP contribution in [0.2, 0.25) is 0 Å². The van der Waals surface area contributed by atoms with Gasteiger partial charge >= 0.3 is 0 Å². The van der Waals surface area contributed by atoms with Crippen LogP contribution in [0.4, 0.5) is 0 Å². The Balaban J connectivity index is 1.94. The zero-order valence-corrected chi connectivity index (χ0v) is 11.0. The Labute approximate surface area is 108 Å². The van der Waals surface area contributed by atoms with E-state index in [0.29, 0.717) is 12.6 Å². The average molecular weight is 250 g/mol. The number of hydrogen-bond donors (Lipinski definition) is 1. The molecule has 100 valence electrons. The number of nitrogens with two attached hydrogens (primary N) is 1. The van der Waals surface area contributed by atoms with E-state index >= 15 is 0 Å². The Hall–Kier alpha value is -1.29. The first-order valence-corrected chi connectivity index (χ1v) is 6.80. The van der Waals surface area contributed by atoms with Gasteiger partial charge in [0.05, 0.1) is 18.8 Å². The molecule has 4 heteroatoms. The van der Waals surface area contributed by atoms with Gasteiger partial charge in [-0.1, -0.05) is 19.8 Å². The van der Waals surface area contributed by atoms with Crippen LogP contribution in [0.15, 0.2) is 22.8 Å². The molecule has 2 rings (SSSR count). The van der Waals surface area contributed by atoms with E-state index in [2.05, 4.69) is 6.92 Å². The third-order valence-electron chi connectivity index (χ3n) is 3.36. The van der Waals surface area contributed by atoms with Crippen LogP contribution in [0.25, 0.3) is 0 Å². The van der Waals surface area contributed by atoms with Crippen molar-refractivity contribution in [2.75, 3.05) is 0 Å². The van der Waals surface area contributed by atoms with Crippen LogP contribution in [-0.4, -0.2) is 22.9 Å². The molecule has 4 nitrogen and oxygen atoms in total. The number of furan rings is 1. The number of unbranched alkanes of at least 4 members (excludes halogenated alkanes) is 1. The predicted molar refractivity (Wildman–Crippen MR) is 69.8 cm³/mol. The Morgan fingerprint density at radius 1 is 1.61 bits per heavy atom. The zero-order valence-electron chi connectivity index (χ0n) is 11.0. The molecule has 0 aromatic carbocycles. The molecule has 18 heavy (non-hydrogen) atoms. The van der Waals surface area contributed by atoms with Crippen LogP contribution in [0.3, 0.4) is 0 Å². The molecule has 2 N–H and O–H groups in total. The van der Waals surface area contributed by atoms with Gasteiger partial charge in [0.1, 0.15) is 5.76 Å². The fraction of sp³-hybridized carbons (Fsp3) is 0.643. The molecule has 1 atom stereocenters. The summed E-state index contributed by atoms with van der Waals surface area (Å²) in [5, 5.41) is 0. The molecular formula is C14H22N2O2. The zero-order chi connectivity index (χ0) is 13.0. The summed E-state index contributed by atoms with van der Waals surface area (Å²) in [6.45, 7) is 2.66. The maximum absolute atomic E-state index is 12.3. The molecule has 1 fully saturated rings. The fourth-order valence-electron chi connectivity index (χ4n) is 2.10. The molecule has 1 saturated carbocycles. The summed E-state index contributed by atoms with van der Waals surface area (Å²) in [5.74, 6) is 0.903. The highest BCUT2D eigenvalue weighted by Gasteiger charge is 2.34. The largest absolute Gasteiger partial charge is 0.467 e. The Morgan fingerprint density at radius 3 is 2.94 bits per heavy atom. The number of carbonyl (C=O) groups is 1. The third-order valence-corrected chi connectivity index (χ3v) is 3.36. The van der Waals surface area contributed by atoms with E-state index in [-0.39, 0.29) is 11.9 Å². The van der Waals surface area contributed by atoms with Crippen molar-refractivity contribution in [1.82, 2.24) is 4.90 Å². The maximum Gasteiger partial charge on any atom is 0.240 e. The summed E-state index contributed by atoms with van der Waals surface area (Å²) >= 11 is 0. The minimum Gasteiger partial charge on any atom is -0.467 e. The summed E-state index contributed by atoms with van der Waals surface area (Å²) in [5.41, 5.74) is 5.98. The second-order valence-corrected chi connectivity index (χ2v) is 5.03. The van der Waals surface area contributed by atoms with Crippen LogP contribution in [0.1, 0.15) is 44.8 Å². The first kappa shape index (κ1) is 13.1. The van der Waals surface area contributed by atoms with E-state index in [1.54, 1.807) is 6.26 Å². The van der Waals surface area contributed by atoms with Crippen molar-refractivity contribution in [3.05, 3.63) is 24.2 Å². The quantitative estimate of drug-likeness (QED) is 0.807. The normalized spacial score (nSPS) is 16.6. The van der Waals surface area contributed by atoms with Crippen LogP contribution in [0.5, 0.6) is 0 Å². The van der Waals surface area contributed by atoms with Crippen LogP contribution >= 0.6 is 0 Å². The highest BCUT2D eigenvalue weighted by molar-refractivity contribution is 5.82. The van der Waals surface area contributed by atoms with E-state index in [4.69, 9.17) is 10.2 Å². The lowest BCUT2D eigenvalue weighted by molar-refractivity contribution is -0.134. The predicted octanol–water partition coefficient (Wildman–Crippen LogP) is 2.29. The average Bonchev–Trinajstić information content (AvgIpc) is 3.09. The second kappa shape index (κ2) is 6.05. The Kier molecular flexibility index (Phi) is 4.42. The molecular weight excluding hydrogens is 228 g/mol. The number of rotatable bonds is 7. The number of nitrogens with zero attached hydrogens (tertiary/aromatic N) is 1. The summed E-state index contributed by atoms with van der Waals surface area (Å²) in [4.78, 5) is 14.2. The van der Waals surface area contributed by atoms with E-state index in [0.717, 1.165) is 37.9 Å². The smallest absolute Gasteiger partial charge is 0.240 e. The molecule has 1 unspecified atom stereocenters. The topological polar surface area (TPSA) is 59.5 Å². The molecule has 1 aromatic heterocycles. The Bertz CT molecular complexity index is 371. The minimum absolute atomic E-state index is 0.0716. The minimum atomic E-state index is -0.361. The van der Waals surface area contributed by atoms with Gasteiger partial charge in [-0.25, -0.2) is 0 Å². The summed E-state index contributed by atoms with van der Waals surface area (Å²) in [6.07, 6.45) is 6.67. The maximum atomic E-state index is 12.3. The number of hydrogen-bond acceptors (Lipinski definition) is 3. The van der Waals surface area contributed by atoms with E-state index in [1.165, 1.54) is 0 Å². The van der Waals surface area contributed by atoms with Gasteiger partial charge < -0.3 is 15.1 Å². The summed E-state index contributed by atoms with van der Waals surface area (Å²) < 4.78 is 5.32. The van der Waals surface area contributed by atoms with Crippen molar-refractivity contribution < 1.29 is 9.21 Å². The van der Waals surface area contributed by atoms with Gasteiger partial charge in [-0.2, -0.15) is 0 Å². The van der Waals surface area contributed by atoms with Crippen LogP contribution < -0.4 is 5.73 Å². The van der Waals surface area contributed by atoms with Gasteiger partial charge in [-0.3, -0.25) is 4.79 Å².